The van der Waals surface area contributed by atoms with Crippen LogP contribution in [0.15, 0.2) is 0 Å². The molecule has 0 spiro atoms. The van der Waals surface area contributed by atoms with Crippen LogP contribution in [0.4, 0.5) is 0 Å². The monoisotopic (exact) mass is 158 g/mol. The standard InChI is InChI=1S/C8H18N2O/c1-10-5-3-7(4-6-10)8(9)11-2/h7-8H,3-6,9H2,1-2H3. The van der Waals surface area contributed by atoms with Gasteiger partial charge in [-0.25, -0.2) is 0 Å². The maximum Gasteiger partial charge on any atom is 0.108 e. The van der Waals surface area contributed by atoms with Gasteiger partial charge in [0.25, 0.3) is 0 Å². The number of nitrogens with zero attached hydrogens (tertiary/aromatic N) is 1. The Labute approximate surface area is 68.5 Å². The molecule has 0 amide bonds. The van der Waals surface area contributed by atoms with Crippen LogP contribution < -0.4 is 5.73 Å². The summed E-state index contributed by atoms with van der Waals surface area (Å²) in [7, 11) is 3.83. The number of hydrogen-bond donors (Lipinski definition) is 1. The molecule has 0 aromatic heterocycles. The molecule has 0 aromatic rings. The van der Waals surface area contributed by atoms with E-state index >= 15 is 0 Å². The van der Waals surface area contributed by atoms with Crippen LogP contribution >= 0.6 is 0 Å². The Hall–Kier alpha value is -0.120. The zero-order chi connectivity index (χ0) is 8.27. The molecule has 0 radical (unpaired) electrons. The molecule has 0 aromatic carbocycles. The van der Waals surface area contributed by atoms with E-state index < -0.39 is 0 Å². The molecule has 2 N–H and O–H groups in total. The third-order valence-electron chi connectivity index (χ3n) is 2.50. The molecule has 3 nitrogen and oxygen atoms in total. The Bertz CT molecular complexity index is 111. The molecule has 0 aliphatic carbocycles. The minimum Gasteiger partial charge on any atom is -0.367 e. The highest BCUT2D eigenvalue weighted by molar-refractivity contribution is 4.73. The van der Waals surface area contributed by atoms with Crippen LogP contribution in [0.5, 0.6) is 0 Å². The summed E-state index contributed by atoms with van der Waals surface area (Å²) in [5.41, 5.74) is 5.75. The molecule has 0 saturated carbocycles. The SMILES string of the molecule is COC(N)C1CCN(C)CC1. The first-order chi connectivity index (χ1) is 5.24. The summed E-state index contributed by atoms with van der Waals surface area (Å²) in [6.07, 6.45) is 2.29. The number of piperidine rings is 1. The molecule has 0 bridgehead atoms. The van der Waals surface area contributed by atoms with Crippen molar-refractivity contribution in [2.24, 2.45) is 11.7 Å². The summed E-state index contributed by atoms with van der Waals surface area (Å²) in [4.78, 5) is 2.33. The molecule has 1 aliphatic heterocycles. The number of nitrogens with two attached hydrogens (primary N) is 1. The smallest absolute Gasteiger partial charge is 0.108 e. The maximum atomic E-state index is 5.75. The highest BCUT2D eigenvalue weighted by Gasteiger charge is 2.21. The quantitative estimate of drug-likeness (QED) is 0.586. The molecule has 1 unspecified atom stereocenters. The number of rotatable bonds is 2. The van der Waals surface area contributed by atoms with E-state index in [1.807, 2.05) is 0 Å². The van der Waals surface area contributed by atoms with Crippen molar-refractivity contribution in [3.8, 4) is 0 Å². The van der Waals surface area contributed by atoms with E-state index in [1.54, 1.807) is 7.11 Å². The van der Waals surface area contributed by atoms with Crippen molar-refractivity contribution in [3.05, 3.63) is 0 Å². The van der Waals surface area contributed by atoms with Crippen molar-refractivity contribution >= 4 is 0 Å². The van der Waals surface area contributed by atoms with E-state index in [-0.39, 0.29) is 6.23 Å². The van der Waals surface area contributed by atoms with E-state index in [0.29, 0.717) is 5.92 Å². The lowest BCUT2D eigenvalue weighted by Crippen LogP contribution is -2.40. The van der Waals surface area contributed by atoms with Gasteiger partial charge in [0.05, 0.1) is 0 Å². The van der Waals surface area contributed by atoms with Gasteiger partial charge in [0.2, 0.25) is 0 Å². The van der Waals surface area contributed by atoms with Gasteiger partial charge in [-0.15, -0.1) is 0 Å². The van der Waals surface area contributed by atoms with Gasteiger partial charge in [0.15, 0.2) is 0 Å². The lowest BCUT2D eigenvalue weighted by atomic mass is 9.96. The van der Waals surface area contributed by atoms with Crippen molar-refractivity contribution in [2.45, 2.75) is 19.1 Å². The minimum absolute atomic E-state index is 0.0521. The highest BCUT2D eigenvalue weighted by atomic mass is 16.5. The van der Waals surface area contributed by atoms with E-state index in [1.165, 1.54) is 12.8 Å². The lowest BCUT2D eigenvalue weighted by Gasteiger charge is -2.31. The fourth-order valence-electron chi connectivity index (χ4n) is 1.55. The van der Waals surface area contributed by atoms with E-state index in [2.05, 4.69) is 11.9 Å². The van der Waals surface area contributed by atoms with Crippen molar-refractivity contribution < 1.29 is 4.74 Å². The summed E-state index contributed by atoms with van der Waals surface area (Å²) in [6.45, 7) is 2.31. The van der Waals surface area contributed by atoms with Crippen LogP contribution in [-0.4, -0.2) is 38.4 Å². The zero-order valence-corrected chi connectivity index (χ0v) is 7.42. The summed E-state index contributed by atoms with van der Waals surface area (Å²) in [5, 5.41) is 0. The largest absolute Gasteiger partial charge is 0.367 e. The summed E-state index contributed by atoms with van der Waals surface area (Å²) >= 11 is 0. The third-order valence-corrected chi connectivity index (χ3v) is 2.50. The molecule has 1 rings (SSSR count). The number of likely N-dealkylation sites (tertiary alicyclic amines) is 1. The Balaban J connectivity index is 2.27. The van der Waals surface area contributed by atoms with E-state index in [0.717, 1.165) is 13.1 Å². The summed E-state index contributed by atoms with van der Waals surface area (Å²) in [6, 6.07) is 0. The average Bonchev–Trinajstić information content (AvgIpc) is 2.05. The molecular weight excluding hydrogens is 140 g/mol. The summed E-state index contributed by atoms with van der Waals surface area (Å²) in [5.74, 6) is 0.566. The van der Waals surface area contributed by atoms with Crippen LogP contribution in [0.1, 0.15) is 12.8 Å². The first kappa shape index (κ1) is 8.97. The number of ether oxygens (including phenoxy) is 1. The minimum atomic E-state index is -0.0521. The van der Waals surface area contributed by atoms with Gasteiger partial charge in [-0.05, 0) is 33.0 Å². The average molecular weight is 158 g/mol. The topological polar surface area (TPSA) is 38.5 Å². The molecular formula is C8H18N2O. The van der Waals surface area contributed by atoms with Crippen molar-refractivity contribution in [1.29, 1.82) is 0 Å². The van der Waals surface area contributed by atoms with E-state index in [4.69, 9.17) is 10.5 Å². The molecule has 1 heterocycles. The van der Waals surface area contributed by atoms with E-state index in [9.17, 15) is 0 Å². The maximum absolute atomic E-state index is 5.75. The first-order valence-electron chi connectivity index (χ1n) is 4.21. The van der Waals surface area contributed by atoms with Crippen LogP contribution in [0.25, 0.3) is 0 Å². The van der Waals surface area contributed by atoms with Crippen molar-refractivity contribution in [3.63, 3.8) is 0 Å². The summed E-state index contributed by atoms with van der Waals surface area (Å²) < 4.78 is 5.08. The van der Waals surface area contributed by atoms with Gasteiger partial charge < -0.3 is 15.4 Å². The van der Waals surface area contributed by atoms with Gasteiger partial charge in [0, 0.05) is 13.0 Å². The van der Waals surface area contributed by atoms with Gasteiger partial charge in [-0.3, -0.25) is 0 Å². The molecule has 11 heavy (non-hydrogen) atoms. The normalized spacial score (nSPS) is 25.4. The zero-order valence-electron chi connectivity index (χ0n) is 7.42. The number of hydrogen-bond acceptors (Lipinski definition) is 3. The molecule has 3 heteroatoms. The van der Waals surface area contributed by atoms with Crippen molar-refractivity contribution in [2.75, 3.05) is 27.2 Å². The van der Waals surface area contributed by atoms with Crippen LogP contribution in [0.3, 0.4) is 0 Å². The second-order valence-electron chi connectivity index (χ2n) is 3.34. The predicted molar refractivity (Wildman–Crippen MR) is 45.2 cm³/mol. The first-order valence-corrected chi connectivity index (χ1v) is 4.21. The fourth-order valence-corrected chi connectivity index (χ4v) is 1.55. The Morgan fingerprint density at radius 1 is 1.45 bits per heavy atom. The van der Waals surface area contributed by atoms with Gasteiger partial charge in [-0.2, -0.15) is 0 Å². The van der Waals surface area contributed by atoms with Gasteiger partial charge in [0.1, 0.15) is 6.23 Å². The van der Waals surface area contributed by atoms with Crippen LogP contribution in [-0.2, 0) is 4.74 Å². The molecule has 1 saturated heterocycles. The molecule has 1 fully saturated rings. The molecule has 66 valence electrons. The third kappa shape index (κ3) is 2.43. The Morgan fingerprint density at radius 3 is 2.45 bits per heavy atom. The molecule has 1 atom stereocenters. The number of methoxy groups -OCH3 is 1. The lowest BCUT2D eigenvalue weighted by molar-refractivity contribution is 0.0299. The highest BCUT2D eigenvalue weighted by Crippen LogP contribution is 2.18. The van der Waals surface area contributed by atoms with Crippen molar-refractivity contribution in [1.82, 2.24) is 4.90 Å². The van der Waals surface area contributed by atoms with Gasteiger partial charge in [-0.1, -0.05) is 0 Å². The van der Waals surface area contributed by atoms with Gasteiger partial charge >= 0.3 is 0 Å². The van der Waals surface area contributed by atoms with Crippen LogP contribution in [0, 0.1) is 5.92 Å². The molecule has 1 aliphatic rings. The van der Waals surface area contributed by atoms with Crippen LogP contribution in [0.2, 0.25) is 0 Å². The Kier molecular flexibility index (Phi) is 3.30. The second-order valence-corrected chi connectivity index (χ2v) is 3.34. The Morgan fingerprint density at radius 2 is 2.00 bits per heavy atom. The predicted octanol–water partition coefficient (Wildman–Crippen LogP) is 0.259. The second kappa shape index (κ2) is 4.04. The fraction of sp³-hybridized carbons (Fsp3) is 1.00.